The van der Waals surface area contributed by atoms with Gasteiger partial charge in [0.05, 0.1) is 19.0 Å². The second-order valence-corrected chi connectivity index (χ2v) is 6.05. The second kappa shape index (κ2) is 6.52. The maximum atomic E-state index is 5.81. The highest BCUT2D eigenvalue weighted by atomic mass is 16.5. The van der Waals surface area contributed by atoms with E-state index in [4.69, 9.17) is 8.94 Å². The molecule has 3 heterocycles. The molecule has 0 saturated carbocycles. The minimum atomic E-state index is 0.159. The van der Waals surface area contributed by atoms with E-state index in [1.165, 1.54) is 0 Å². The first-order chi connectivity index (χ1) is 11.8. The summed E-state index contributed by atoms with van der Waals surface area (Å²) >= 11 is 0. The highest BCUT2D eigenvalue weighted by Gasteiger charge is 2.30. The Hall–Kier alpha value is -2.54. The van der Waals surface area contributed by atoms with E-state index in [-0.39, 0.29) is 6.04 Å². The first-order valence-corrected chi connectivity index (χ1v) is 8.17. The van der Waals surface area contributed by atoms with Crippen molar-refractivity contribution in [1.29, 1.82) is 0 Å². The number of aryl methyl sites for hydroxylation is 1. The molecular weight excluding hydrogens is 306 g/mol. The third-order valence-electron chi connectivity index (χ3n) is 4.25. The zero-order valence-corrected chi connectivity index (χ0v) is 13.6. The van der Waals surface area contributed by atoms with Gasteiger partial charge >= 0.3 is 0 Å². The molecule has 124 valence electrons. The molecule has 1 aliphatic heterocycles. The summed E-state index contributed by atoms with van der Waals surface area (Å²) in [5.74, 6) is 2.62. The number of likely N-dealkylation sites (tertiary alicyclic amines) is 1. The van der Waals surface area contributed by atoms with Gasteiger partial charge in [-0.2, -0.15) is 4.98 Å². The molecule has 1 saturated heterocycles. The third kappa shape index (κ3) is 3.21. The SMILES string of the molecule is Cc1nc([C@@H]2CCCN2Cc2nnc(Cc3ccccc3)o2)no1. The van der Waals surface area contributed by atoms with Crippen LogP contribution in [0.5, 0.6) is 0 Å². The number of nitrogens with zero attached hydrogens (tertiary/aromatic N) is 5. The highest BCUT2D eigenvalue weighted by Crippen LogP contribution is 2.31. The Morgan fingerprint density at radius 3 is 2.79 bits per heavy atom. The molecule has 0 spiro atoms. The van der Waals surface area contributed by atoms with Crippen LogP contribution in [-0.2, 0) is 13.0 Å². The van der Waals surface area contributed by atoms with Crippen LogP contribution >= 0.6 is 0 Å². The predicted molar refractivity (Wildman–Crippen MR) is 85.0 cm³/mol. The Morgan fingerprint density at radius 2 is 2.00 bits per heavy atom. The van der Waals surface area contributed by atoms with Crippen LogP contribution in [-0.4, -0.2) is 31.8 Å². The number of aromatic nitrogens is 4. The van der Waals surface area contributed by atoms with Crippen LogP contribution in [0.25, 0.3) is 0 Å². The van der Waals surface area contributed by atoms with Crippen LogP contribution in [0, 0.1) is 6.92 Å². The summed E-state index contributed by atoms with van der Waals surface area (Å²) in [5.41, 5.74) is 1.16. The molecule has 0 amide bonds. The first-order valence-electron chi connectivity index (χ1n) is 8.17. The highest BCUT2D eigenvalue weighted by molar-refractivity contribution is 5.17. The van der Waals surface area contributed by atoms with Crippen molar-refractivity contribution in [1.82, 2.24) is 25.2 Å². The molecule has 1 atom stereocenters. The van der Waals surface area contributed by atoms with E-state index >= 15 is 0 Å². The lowest BCUT2D eigenvalue weighted by Gasteiger charge is -2.19. The molecule has 4 rings (SSSR count). The summed E-state index contributed by atoms with van der Waals surface area (Å²) in [6, 6.07) is 10.3. The lowest BCUT2D eigenvalue weighted by atomic mass is 10.2. The van der Waals surface area contributed by atoms with Crippen LogP contribution in [0.2, 0.25) is 0 Å². The minimum Gasteiger partial charge on any atom is -0.424 e. The van der Waals surface area contributed by atoms with Gasteiger partial charge in [-0.3, -0.25) is 4.90 Å². The van der Waals surface area contributed by atoms with Gasteiger partial charge in [-0.05, 0) is 24.9 Å². The van der Waals surface area contributed by atoms with Crippen molar-refractivity contribution in [3.8, 4) is 0 Å². The van der Waals surface area contributed by atoms with Gasteiger partial charge in [0.15, 0.2) is 5.82 Å². The number of hydrogen-bond acceptors (Lipinski definition) is 7. The summed E-state index contributed by atoms with van der Waals surface area (Å²) in [5, 5.41) is 12.4. The molecule has 1 aliphatic rings. The van der Waals surface area contributed by atoms with Crippen LogP contribution in [0.4, 0.5) is 0 Å². The monoisotopic (exact) mass is 325 g/mol. The van der Waals surface area contributed by atoms with E-state index in [1.54, 1.807) is 0 Å². The van der Waals surface area contributed by atoms with Gasteiger partial charge in [0, 0.05) is 6.92 Å². The van der Waals surface area contributed by atoms with Gasteiger partial charge in [0.25, 0.3) is 0 Å². The smallest absolute Gasteiger partial charge is 0.230 e. The summed E-state index contributed by atoms with van der Waals surface area (Å²) < 4.78 is 10.9. The molecule has 0 N–H and O–H groups in total. The number of hydrogen-bond donors (Lipinski definition) is 0. The molecular formula is C17H19N5O2. The molecule has 0 unspecified atom stereocenters. The fourth-order valence-electron chi connectivity index (χ4n) is 3.13. The van der Waals surface area contributed by atoms with Crippen LogP contribution in [0.1, 0.15) is 47.9 Å². The summed E-state index contributed by atoms with van der Waals surface area (Å²) in [6.07, 6.45) is 2.77. The molecule has 1 fully saturated rings. The Bertz CT molecular complexity index is 798. The Labute approximate surface area is 139 Å². The molecule has 7 heteroatoms. The maximum Gasteiger partial charge on any atom is 0.230 e. The molecule has 0 bridgehead atoms. The molecule has 0 radical (unpaired) electrons. The van der Waals surface area contributed by atoms with Crippen LogP contribution in [0.3, 0.4) is 0 Å². The summed E-state index contributed by atoms with van der Waals surface area (Å²) in [4.78, 5) is 6.63. The van der Waals surface area contributed by atoms with Crippen molar-refractivity contribution in [2.75, 3.05) is 6.54 Å². The van der Waals surface area contributed by atoms with E-state index in [0.717, 1.165) is 30.8 Å². The zero-order valence-electron chi connectivity index (χ0n) is 13.6. The molecule has 24 heavy (non-hydrogen) atoms. The molecule has 2 aromatic heterocycles. The van der Waals surface area contributed by atoms with Crippen LogP contribution < -0.4 is 0 Å². The van der Waals surface area contributed by atoms with Gasteiger partial charge in [0.2, 0.25) is 17.7 Å². The lowest BCUT2D eigenvalue weighted by molar-refractivity contribution is 0.210. The molecule has 3 aromatic rings. The first kappa shape index (κ1) is 15.0. The Kier molecular flexibility index (Phi) is 4.08. The van der Waals surface area contributed by atoms with Crippen molar-refractivity contribution >= 4 is 0 Å². The topological polar surface area (TPSA) is 81.1 Å². The predicted octanol–water partition coefficient (Wildman–Crippen LogP) is 2.69. The standard InChI is InChI=1S/C17H19N5O2/c1-12-18-17(21-24-12)14-8-5-9-22(14)11-16-20-19-15(23-16)10-13-6-3-2-4-7-13/h2-4,6-7,14H,5,8-11H2,1H3/t14-/m0/s1. The normalized spacial score (nSPS) is 18.3. The number of benzene rings is 1. The van der Waals surface area contributed by atoms with E-state index in [0.29, 0.717) is 30.6 Å². The molecule has 0 aliphatic carbocycles. The van der Waals surface area contributed by atoms with Crippen molar-refractivity contribution in [2.24, 2.45) is 0 Å². The van der Waals surface area contributed by atoms with E-state index in [2.05, 4.69) is 37.4 Å². The minimum absolute atomic E-state index is 0.159. The average molecular weight is 325 g/mol. The summed E-state index contributed by atoms with van der Waals surface area (Å²) in [7, 11) is 0. The van der Waals surface area contributed by atoms with E-state index in [9.17, 15) is 0 Å². The fraction of sp³-hybridized carbons (Fsp3) is 0.412. The van der Waals surface area contributed by atoms with Gasteiger partial charge in [-0.15, -0.1) is 10.2 Å². The van der Waals surface area contributed by atoms with Crippen molar-refractivity contribution in [3.63, 3.8) is 0 Å². The second-order valence-electron chi connectivity index (χ2n) is 6.05. The maximum absolute atomic E-state index is 5.81. The number of rotatable bonds is 5. The largest absolute Gasteiger partial charge is 0.424 e. The van der Waals surface area contributed by atoms with Gasteiger partial charge in [-0.25, -0.2) is 0 Å². The fourth-order valence-corrected chi connectivity index (χ4v) is 3.13. The van der Waals surface area contributed by atoms with E-state index in [1.807, 2.05) is 25.1 Å². The van der Waals surface area contributed by atoms with Crippen molar-refractivity contribution < 1.29 is 8.94 Å². The Balaban J connectivity index is 1.43. The molecule has 7 nitrogen and oxygen atoms in total. The van der Waals surface area contributed by atoms with Crippen molar-refractivity contribution in [2.45, 2.75) is 38.8 Å². The van der Waals surface area contributed by atoms with Gasteiger partial charge in [0.1, 0.15) is 0 Å². The Morgan fingerprint density at radius 1 is 1.17 bits per heavy atom. The third-order valence-corrected chi connectivity index (χ3v) is 4.25. The van der Waals surface area contributed by atoms with Crippen LogP contribution in [0.15, 0.2) is 39.3 Å². The van der Waals surface area contributed by atoms with Crippen molar-refractivity contribution in [3.05, 3.63) is 59.4 Å². The zero-order chi connectivity index (χ0) is 16.4. The lowest BCUT2D eigenvalue weighted by Crippen LogP contribution is -2.23. The average Bonchev–Trinajstić information content (AvgIpc) is 3.31. The van der Waals surface area contributed by atoms with Gasteiger partial charge < -0.3 is 8.94 Å². The quantitative estimate of drug-likeness (QED) is 0.713. The van der Waals surface area contributed by atoms with E-state index < -0.39 is 0 Å². The summed E-state index contributed by atoms with van der Waals surface area (Å²) in [6.45, 7) is 3.39. The molecule has 1 aromatic carbocycles. The van der Waals surface area contributed by atoms with Gasteiger partial charge in [-0.1, -0.05) is 35.5 Å².